The van der Waals surface area contributed by atoms with Gasteiger partial charge >= 0.3 is 0 Å². The third kappa shape index (κ3) is 1.33. The number of nitrogens with zero attached hydrogens (tertiary/aromatic N) is 2. The summed E-state index contributed by atoms with van der Waals surface area (Å²) < 4.78 is 24.7. The van der Waals surface area contributed by atoms with Crippen molar-refractivity contribution in [3.63, 3.8) is 0 Å². The largest absolute Gasteiger partial charge is 0.280 e. The normalized spacial score (nSPS) is 11.5. The summed E-state index contributed by atoms with van der Waals surface area (Å²) in [4.78, 5) is 3.70. The van der Waals surface area contributed by atoms with Gasteiger partial charge in [-0.15, -0.1) is 0 Å². The van der Waals surface area contributed by atoms with Crippen LogP contribution >= 0.6 is 11.6 Å². The number of hydrogen-bond donors (Lipinski definition) is 1. The third-order valence-electron chi connectivity index (χ3n) is 1.91. The summed E-state index contributed by atoms with van der Waals surface area (Å²) in [5.74, 6) is 0. The summed E-state index contributed by atoms with van der Waals surface area (Å²) in [5.41, 5.74) is 0.606. The van der Waals surface area contributed by atoms with Gasteiger partial charge in [-0.05, 0) is 13.0 Å². The maximum absolute atomic E-state index is 12.3. The van der Waals surface area contributed by atoms with E-state index < -0.39 is 6.43 Å². The van der Waals surface area contributed by atoms with Crippen molar-refractivity contribution in [1.82, 2.24) is 15.2 Å². The molecule has 0 amide bonds. The van der Waals surface area contributed by atoms with Crippen molar-refractivity contribution in [1.29, 1.82) is 0 Å². The van der Waals surface area contributed by atoms with E-state index in [0.717, 1.165) is 6.07 Å². The molecule has 0 aliphatic heterocycles. The average molecular weight is 218 g/mol. The first-order valence-electron chi connectivity index (χ1n) is 3.89. The number of alkyl halides is 2. The minimum atomic E-state index is -2.62. The van der Waals surface area contributed by atoms with E-state index in [1.54, 1.807) is 6.92 Å². The number of aromatic nitrogens is 3. The molecule has 2 rings (SSSR count). The minimum absolute atomic E-state index is 0.247. The van der Waals surface area contributed by atoms with Crippen LogP contribution in [-0.4, -0.2) is 15.2 Å². The van der Waals surface area contributed by atoms with Crippen LogP contribution in [0.4, 0.5) is 8.78 Å². The molecule has 3 nitrogen and oxygen atoms in total. The first kappa shape index (κ1) is 9.33. The van der Waals surface area contributed by atoms with Crippen molar-refractivity contribution >= 4 is 22.6 Å². The van der Waals surface area contributed by atoms with Crippen LogP contribution in [-0.2, 0) is 0 Å². The maximum atomic E-state index is 12.3. The molecule has 0 spiro atoms. The summed E-state index contributed by atoms with van der Waals surface area (Å²) in [6.45, 7) is 1.73. The Morgan fingerprint density at radius 3 is 2.86 bits per heavy atom. The molecule has 74 valence electrons. The first-order valence-corrected chi connectivity index (χ1v) is 4.26. The number of hydrogen-bond acceptors (Lipinski definition) is 2. The van der Waals surface area contributed by atoms with Gasteiger partial charge in [0, 0.05) is 0 Å². The molecule has 0 saturated heterocycles. The molecule has 2 aromatic heterocycles. The summed E-state index contributed by atoms with van der Waals surface area (Å²) in [7, 11) is 0. The molecule has 0 aliphatic carbocycles. The Morgan fingerprint density at radius 2 is 2.21 bits per heavy atom. The number of rotatable bonds is 1. The van der Waals surface area contributed by atoms with Crippen LogP contribution in [0.15, 0.2) is 6.07 Å². The molecule has 14 heavy (non-hydrogen) atoms. The molecule has 2 aromatic rings. The van der Waals surface area contributed by atoms with Gasteiger partial charge in [0.15, 0.2) is 5.65 Å². The SMILES string of the molecule is Cc1n[nH]c2nc(C(F)F)cc(Cl)c12. The molecule has 0 aliphatic rings. The lowest BCUT2D eigenvalue weighted by Gasteiger charge is -2.00. The Balaban J connectivity index is 2.74. The van der Waals surface area contributed by atoms with E-state index in [0.29, 0.717) is 16.7 Å². The van der Waals surface area contributed by atoms with E-state index in [-0.39, 0.29) is 10.7 Å². The molecule has 0 radical (unpaired) electrons. The van der Waals surface area contributed by atoms with Crippen LogP contribution in [0, 0.1) is 6.92 Å². The summed E-state index contributed by atoms with van der Waals surface area (Å²) >= 11 is 5.82. The number of aryl methyl sites for hydroxylation is 1. The van der Waals surface area contributed by atoms with E-state index >= 15 is 0 Å². The molecule has 6 heteroatoms. The molecule has 0 saturated carbocycles. The lowest BCUT2D eigenvalue weighted by Crippen LogP contribution is -1.90. The Morgan fingerprint density at radius 1 is 1.50 bits per heavy atom. The van der Waals surface area contributed by atoms with Gasteiger partial charge in [0.1, 0.15) is 5.69 Å². The Bertz CT molecular complexity index is 481. The number of aromatic amines is 1. The molecule has 0 atom stereocenters. The highest BCUT2D eigenvalue weighted by atomic mass is 35.5. The van der Waals surface area contributed by atoms with Gasteiger partial charge in [-0.3, -0.25) is 5.10 Å². The minimum Gasteiger partial charge on any atom is -0.260 e. The van der Waals surface area contributed by atoms with Crippen LogP contribution in [0.25, 0.3) is 11.0 Å². The van der Waals surface area contributed by atoms with E-state index in [9.17, 15) is 8.78 Å². The van der Waals surface area contributed by atoms with Crippen LogP contribution in [0.5, 0.6) is 0 Å². The van der Waals surface area contributed by atoms with Gasteiger partial charge < -0.3 is 0 Å². The highest BCUT2D eigenvalue weighted by molar-refractivity contribution is 6.35. The van der Waals surface area contributed by atoms with E-state index in [1.807, 2.05) is 0 Å². The summed E-state index contributed by atoms with van der Waals surface area (Å²) in [6.07, 6.45) is -2.62. The smallest absolute Gasteiger partial charge is 0.260 e. The van der Waals surface area contributed by atoms with E-state index in [1.165, 1.54) is 0 Å². The number of halogens is 3. The van der Waals surface area contributed by atoms with Gasteiger partial charge in [0.05, 0.1) is 16.1 Å². The van der Waals surface area contributed by atoms with Crippen LogP contribution in [0.2, 0.25) is 5.02 Å². The lowest BCUT2D eigenvalue weighted by atomic mass is 10.2. The number of nitrogens with one attached hydrogen (secondary N) is 1. The number of fused-ring (bicyclic) bond motifs is 1. The Kier molecular flexibility index (Phi) is 2.11. The van der Waals surface area contributed by atoms with E-state index in [2.05, 4.69) is 15.2 Å². The molecular formula is C8H6ClF2N3. The molecule has 0 bridgehead atoms. The highest BCUT2D eigenvalue weighted by Crippen LogP contribution is 2.27. The fourth-order valence-electron chi connectivity index (χ4n) is 1.26. The Hall–Kier alpha value is -1.23. The summed E-state index contributed by atoms with van der Waals surface area (Å²) in [6, 6.07) is 1.16. The molecular weight excluding hydrogens is 212 g/mol. The average Bonchev–Trinajstić information content (AvgIpc) is 2.48. The van der Waals surface area contributed by atoms with Gasteiger partial charge in [-0.25, -0.2) is 13.8 Å². The lowest BCUT2D eigenvalue weighted by molar-refractivity contribution is 0.146. The second-order valence-electron chi connectivity index (χ2n) is 2.86. The van der Waals surface area contributed by atoms with Crippen LogP contribution in [0.3, 0.4) is 0 Å². The first-order chi connectivity index (χ1) is 6.59. The topological polar surface area (TPSA) is 41.6 Å². The molecule has 1 N–H and O–H groups in total. The second kappa shape index (κ2) is 3.16. The highest BCUT2D eigenvalue weighted by Gasteiger charge is 2.14. The molecule has 0 aromatic carbocycles. The molecule has 0 unspecified atom stereocenters. The fourth-order valence-corrected chi connectivity index (χ4v) is 1.60. The van der Waals surface area contributed by atoms with Gasteiger partial charge in [-0.1, -0.05) is 11.6 Å². The van der Waals surface area contributed by atoms with Gasteiger partial charge in [-0.2, -0.15) is 5.10 Å². The quantitative estimate of drug-likeness (QED) is 0.798. The zero-order chi connectivity index (χ0) is 10.3. The van der Waals surface area contributed by atoms with Crippen LogP contribution in [0.1, 0.15) is 17.8 Å². The monoisotopic (exact) mass is 217 g/mol. The Labute approximate surface area is 83.1 Å². The molecule has 2 heterocycles. The van der Waals surface area contributed by atoms with Crippen molar-refractivity contribution in [2.45, 2.75) is 13.3 Å². The van der Waals surface area contributed by atoms with E-state index in [4.69, 9.17) is 11.6 Å². The predicted octanol–water partition coefficient (Wildman–Crippen LogP) is 2.86. The van der Waals surface area contributed by atoms with Crippen molar-refractivity contribution in [3.8, 4) is 0 Å². The zero-order valence-electron chi connectivity index (χ0n) is 7.18. The fraction of sp³-hybridized carbons (Fsp3) is 0.250. The van der Waals surface area contributed by atoms with Crippen molar-refractivity contribution in [2.75, 3.05) is 0 Å². The number of pyridine rings is 1. The predicted molar refractivity (Wildman–Crippen MR) is 48.6 cm³/mol. The zero-order valence-corrected chi connectivity index (χ0v) is 7.94. The van der Waals surface area contributed by atoms with Crippen molar-refractivity contribution in [2.24, 2.45) is 0 Å². The molecule has 0 fully saturated rings. The third-order valence-corrected chi connectivity index (χ3v) is 2.20. The maximum Gasteiger partial charge on any atom is 0.280 e. The van der Waals surface area contributed by atoms with Gasteiger partial charge in [0.2, 0.25) is 0 Å². The van der Waals surface area contributed by atoms with Crippen LogP contribution < -0.4 is 0 Å². The number of H-pyrrole nitrogens is 1. The second-order valence-corrected chi connectivity index (χ2v) is 3.27. The van der Waals surface area contributed by atoms with Crippen molar-refractivity contribution in [3.05, 3.63) is 22.5 Å². The summed E-state index contributed by atoms with van der Waals surface area (Å²) in [5, 5.41) is 7.23. The van der Waals surface area contributed by atoms with Crippen molar-refractivity contribution < 1.29 is 8.78 Å². The van der Waals surface area contributed by atoms with Gasteiger partial charge in [0.25, 0.3) is 6.43 Å². The standard InChI is InChI=1S/C8H6ClF2N3/c1-3-6-4(9)2-5(7(10)11)12-8(6)14-13-3/h2,7H,1H3,(H,12,13,14).